The largest absolute Gasteiger partial charge is 0.310 e. The highest BCUT2D eigenvalue weighted by Gasteiger charge is 2.20. The van der Waals surface area contributed by atoms with Gasteiger partial charge in [0.05, 0.1) is 23.2 Å². The van der Waals surface area contributed by atoms with E-state index in [1.165, 1.54) is 12.8 Å². The zero-order valence-corrected chi connectivity index (χ0v) is 11.0. The third-order valence-corrected chi connectivity index (χ3v) is 4.18. The molecular formula is C14H16N2OS. The molecular weight excluding hydrogens is 244 g/mol. The molecule has 1 aromatic carbocycles. The second-order valence-corrected chi connectivity index (χ2v) is 5.98. The van der Waals surface area contributed by atoms with Crippen LogP contribution in [0.3, 0.4) is 0 Å². The summed E-state index contributed by atoms with van der Waals surface area (Å²) in [5.74, 6) is 1.05. The van der Waals surface area contributed by atoms with Gasteiger partial charge in [-0.25, -0.2) is 4.98 Å². The van der Waals surface area contributed by atoms with Crippen LogP contribution in [0, 0.1) is 5.92 Å². The Morgan fingerprint density at radius 2 is 2.22 bits per heavy atom. The fraction of sp³-hybridized carbons (Fsp3) is 0.429. The van der Waals surface area contributed by atoms with E-state index in [1.54, 1.807) is 11.3 Å². The zero-order chi connectivity index (χ0) is 12.4. The van der Waals surface area contributed by atoms with Crippen LogP contribution in [0.4, 0.5) is 0 Å². The number of nitrogens with zero attached hydrogens (tertiary/aromatic N) is 1. The first kappa shape index (κ1) is 11.8. The van der Waals surface area contributed by atoms with E-state index in [-0.39, 0.29) is 5.78 Å². The number of Topliss-reactive ketones (excluding diaryl/α,β-unsaturated/α-hetero) is 1. The summed E-state index contributed by atoms with van der Waals surface area (Å²) in [4.78, 5) is 16.3. The summed E-state index contributed by atoms with van der Waals surface area (Å²) in [7, 11) is 0. The molecule has 0 radical (unpaired) electrons. The minimum Gasteiger partial charge on any atom is -0.310 e. The first-order valence-electron chi connectivity index (χ1n) is 6.38. The molecule has 4 heteroatoms. The number of ketones is 1. The molecule has 1 aliphatic rings. The van der Waals surface area contributed by atoms with Crippen molar-refractivity contribution in [1.29, 1.82) is 0 Å². The fourth-order valence-corrected chi connectivity index (χ4v) is 2.96. The van der Waals surface area contributed by atoms with E-state index in [1.807, 2.05) is 24.3 Å². The van der Waals surface area contributed by atoms with Gasteiger partial charge >= 0.3 is 0 Å². The molecule has 1 heterocycles. The van der Waals surface area contributed by atoms with Crippen molar-refractivity contribution in [3.8, 4) is 0 Å². The molecule has 2 aromatic rings. The number of benzene rings is 1. The van der Waals surface area contributed by atoms with Gasteiger partial charge in [-0.15, -0.1) is 11.3 Å². The number of hydrogen-bond acceptors (Lipinski definition) is 4. The Hall–Kier alpha value is -1.26. The van der Waals surface area contributed by atoms with Gasteiger partial charge in [0.15, 0.2) is 5.78 Å². The number of nitrogens with one attached hydrogen (secondary N) is 1. The van der Waals surface area contributed by atoms with Crippen molar-refractivity contribution < 1.29 is 4.79 Å². The molecule has 0 spiro atoms. The van der Waals surface area contributed by atoms with E-state index >= 15 is 0 Å². The number of thiazole rings is 1. The lowest BCUT2D eigenvalue weighted by atomic mass is 10.3. The molecule has 94 valence electrons. The number of fused-ring (bicyclic) bond motifs is 1. The maximum atomic E-state index is 11.8. The molecule has 18 heavy (non-hydrogen) atoms. The third-order valence-electron chi connectivity index (χ3n) is 3.14. The maximum absolute atomic E-state index is 11.8. The summed E-state index contributed by atoms with van der Waals surface area (Å²) in [6, 6.07) is 8.02. The summed E-state index contributed by atoms with van der Waals surface area (Å²) in [5.41, 5.74) is 0.997. The number of aromatic nitrogens is 1. The average Bonchev–Trinajstić information content (AvgIpc) is 3.08. The van der Waals surface area contributed by atoms with E-state index in [2.05, 4.69) is 10.3 Å². The van der Waals surface area contributed by atoms with E-state index in [4.69, 9.17) is 0 Å². The van der Waals surface area contributed by atoms with Crippen LogP contribution in [-0.4, -0.2) is 23.9 Å². The number of para-hydroxylation sites is 1. The van der Waals surface area contributed by atoms with E-state index in [9.17, 15) is 4.79 Å². The third kappa shape index (κ3) is 2.94. The average molecular weight is 260 g/mol. The Bertz CT molecular complexity index is 527. The fourth-order valence-electron chi connectivity index (χ4n) is 1.96. The van der Waals surface area contributed by atoms with Crippen LogP contribution in [-0.2, 0) is 11.2 Å². The molecule has 0 unspecified atom stereocenters. The quantitative estimate of drug-likeness (QED) is 0.867. The SMILES string of the molecule is O=C(CNCC1CC1)Cc1nc2ccccc2s1. The first-order chi connectivity index (χ1) is 8.81. The lowest BCUT2D eigenvalue weighted by molar-refractivity contribution is -0.117. The van der Waals surface area contributed by atoms with Gasteiger partial charge in [0.1, 0.15) is 5.01 Å². The molecule has 3 nitrogen and oxygen atoms in total. The molecule has 0 amide bonds. The molecule has 0 aliphatic heterocycles. The van der Waals surface area contributed by atoms with Crippen LogP contribution in [0.5, 0.6) is 0 Å². The van der Waals surface area contributed by atoms with Crippen molar-refractivity contribution in [3.63, 3.8) is 0 Å². The van der Waals surface area contributed by atoms with Crippen molar-refractivity contribution in [1.82, 2.24) is 10.3 Å². The zero-order valence-electron chi connectivity index (χ0n) is 10.2. The van der Waals surface area contributed by atoms with Crippen molar-refractivity contribution in [2.45, 2.75) is 19.3 Å². The summed E-state index contributed by atoms with van der Waals surface area (Å²) in [6.07, 6.45) is 3.09. The summed E-state index contributed by atoms with van der Waals surface area (Å²) in [6.45, 7) is 1.47. The van der Waals surface area contributed by atoms with Gasteiger partial charge in [-0.2, -0.15) is 0 Å². The van der Waals surface area contributed by atoms with Crippen molar-refractivity contribution in [2.24, 2.45) is 5.92 Å². The normalized spacial score (nSPS) is 15.1. The van der Waals surface area contributed by atoms with Crippen LogP contribution in [0.25, 0.3) is 10.2 Å². The number of carbonyl (C=O) groups excluding carboxylic acids is 1. The molecule has 1 N–H and O–H groups in total. The molecule has 0 bridgehead atoms. The van der Waals surface area contributed by atoms with Gasteiger partial charge in [0.25, 0.3) is 0 Å². The number of rotatable bonds is 6. The minimum atomic E-state index is 0.231. The van der Waals surface area contributed by atoms with Crippen molar-refractivity contribution in [3.05, 3.63) is 29.3 Å². The van der Waals surface area contributed by atoms with Gasteiger partial charge in [-0.3, -0.25) is 4.79 Å². The van der Waals surface area contributed by atoms with Crippen LogP contribution < -0.4 is 5.32 Å². The van der Waals surface area contributed by atoms with Crippen LogP contribution >= 0.6 is 11.3 Å². The summed E-state index contributed by atoms with van der Waals surface area (Å²) < 4.78 is 1.16. The minimum absolute atomic E-state index is 0.231. The van der Waals surface area contributed by atoms with Gasteiger partial charge < -0.3 is 5.32 Å². The molecule has 0 saturated heterocycles. The number of hydrogen-bond donors (Lipinski definition) is 1. The molecule has 1 saturated carbocycles. The van der Waals surface area contributed by atoms with Gasteiger partial charge in [0.2, 0.25) is 0 Å². The Morgan fingerprint density at radius 1 is 1.39 bits per heavy atom. The Balaban J connectivity index is 1.55. The molecule has 0 atom stereocenters. The maximum Gasteiger partial charge on any atom is 0.153 e. The molecule has 3 rings (SSSR count). The Morgan fingerprint density at radius 3 is 3.00 bits per heavy atom. The predicted molar refractivity (Wildman–Crippen MR) is 73.9 cm³/mol. The Labute approximate surface area is 110 Å². The predicted octanol–water partition coefficient (Wildman–Crippen LogP) is 2.41. The monoisotopic (exact) mass is 260 g/mol. The first-order valence-corrected chi connectivity index (χ1v) is 7.20. The highest BCUT2D eigenvalue weighted by atomic mass is 32.1. The van der Waals surface area contributed by atoms with E-state index in [0.29, 0.717) is 13.0 Å². The van der Waals surface area contributed by atoms with Crippen LogP contribution in [0.15, 0.2) is 24.3 Å². The standard InChI is InChI=1S/C14H16N2OS/c17-11(9-15-8-10-5-6-10)7-14-16-12-3-1-2-4-13(12)18-14/h1-4,10,15H,5-9H2. The highest BCUT2D eigenvalue weighted by molar-refractivity contribution is 7.18. The van der Waals surface area contributed by atoms with E-state index in [0.717, 1.165) is 27.7 Å². The molecule has 1 aliphatic carbocycles. The summed E-state index contributed by atoms with van der Waals surface area (Å²) >= 11 is 1.62. The summed E-state index contributed by atoms with van der Waals surface area (Å²) in [5, 5.41) is 4.15. The van der Waals surface area contributed by atoms with E-state index < -0.39 is 0 Å². The second kappa shape index (κ2) is 5.16. The number of carbonyl (C=O) groups is 1. The second-order valence-electron chi connectivity index (χ2n) is 4.87. The van der Waals surface area contributed by atoms with Crippen molar-refractivity contribution in [2.75, 3.05) is 13.1 Å². The van der Waals surface area contributed by atoms with Crippen LogP contribution in [0.2, 0.25) is 0 Å². The topological polar surface area (TPSA) is 42.0 Å². The Kier molecular flexibility index (Phi) is 3.39. The van der Waals surface area contributed by atoms with Gasteiger partial charge in [-0.05, 0) is 37.4 Å². The molecule has 1 fully saturated rings. The smallest absolute Gasteiger partial charge is 0.153 e. The van der Waals surface area contributed by atoms with Gasteiger partial charge in [-0.1, -0.05) is 12.1 Å². The molecule has 1 aromatic heterocycles. The van der Waals surface area contributed by atoms with Crippen molar-refractivity contribution >= 4 is 27.3 Å². The highest BCUT2D eigenvalue weighted by Crippen LogP contribution is 2.27. The van der Waals surface area contributed by atoms with Crippen LogP contribution in [0.1, 0.15) is 17.8 Å². The lowest BCUT2D eigenvalue weighted by Gasteiger charge is -2.00. The lowest BCUT2D eigenvalue weighted by Crippen LogP contribution is -2.25. The van der Waals surface area contributed by atoms with Gasteiger partial charge in [0, 0.05) is 0 Å².